The number of amides is 1. The smallest absolute Gasteiger partial charge is 0.255 e. The summed E-state index contributed by atoms with van der Waals surface area (Å²) < 4.78 is 0. The van der Waals surface area contributed by atoms with Crippen molar-refractivity contribution < 1.29 is 9.90 Å². The van der Waals surface area contributed by atoms with Crippen LogP contribution in [0.3, 0.4) is 0 Å². The van der Waals surface area contributed by atoms with Crippen molar-refractivity contribution in [1.82, 2.24) is 5.32 Å². The number of aryl methyl sites for hydroxylation is 1. The number of rotatable bonds is 3. The number of nitrogens with one attached hydrogen (secondary N) is 1. The first-order valence-corrected chi connectivity index (χ1v) is 6.89. The van der Waals surface area contributed by atoms with Gasteiger partial charge < -0.3 is 16.2 Å². The van der Waals surface area contributed by atoms with Gasteiger partial charge in [-0.15, -0.1) is 0 Å². The fourth-order valence-electron chi connectivity index (χ4n) is 2.56. The standard InChI is InChI=1S/C15H22N2O2/c1-10-2-7-14(18)13(8-10)15(19)17-9-11-3-5-12(16)6-4-11/h2,7-8,11-12,18H,3-6,9,16H2,1H3,(H,17,19). The third-order valence-electron chi connectivity index (χ3n) is 3.84. The number of carbonyl (C=O) groups is 1. The van der Waals surface area contributed by atoms with Gasteiger partial charge in [0.2, 0.25) is 0 Å². The molecule has 1 amide bonds. The van der Waals surface area contributed by atoms with E-state index in [9.17, 15) is 9.90 Å². The lowest BCUT2D eigenvalue weighted by Crippen LogP contribution is -2.34. The first-order chi connectivity index (χ1) is 9.06. The number of hydrogen-bond acceptors (Lipinski definition) is 3. The van der Waals surface area contributed by atoms with Gasteiger partial charge in [-0.05, 0) is 50.7 Å². The molecule has 4 heteroatoms. The van der Waals surface area contributed by atoms with Crippen molar-refractivity contribution in [3.05, 3.63) is 29.3 Å². The summed E-state index contributed by atoms with van der Waals surface area (Å²) in [4.78, 5) is 12.0. The second kappa shape index (κ2) is 6.06. The van der Waals surface area contributed by atoms with Crippen LogP contribution in [-0.2, 0) is 0 Å². The summed E-state index contributed by atoms with van der Waals surface area (Å²) in [5.41, 5.74) is 7.18. The molecular weight excluding hydrogens is 240 g/mol. The maximum Gasteiger partial charge on any atom is 0.255 e. The van der Waals surface area contributed by atoms with E-state index in [4.69, 9.17) is 5.73 Å². The summed E-state index contributed by atoms with van der Waals surface area (Å²) in [6.45, 7) is 2.57. The summed E-state index contributed by atoms with van der Waals surface area (Å²) in [7, 11) is 0. The third-order valence-corrected chi connectivity index (χ3v) is 3.84. The van der Waals surface area contributed by atoms with Crippen molar-refractivity contribution in [2.75, 3.05) is 6.54 Å². The molecular formula is C15H22N2O2. The Labute approximate surface area is 114 Å². The van der Waals surface area contributed by atoms with Crippen LogP contribution in [0.2, 0.25) is 0 Å². The highest BCUT2D eigenvalue weighted by Crippen LogP contribution is 2.23. The van der Waals surface area contributed by atoms with Crippen LogP contribution in [0.4, 0.5) is 0 Å². The zero-order chi connectivity index (χ0) is 13.8. The van der Waals surface area contributed by atoms with Crippen LogP contribution in [0.5, 0.6) is 5.75 Å². The molecule has 4 N–H and O–H groups in total. The molecule has 0 saturated heterocycles. The quantitative estimate of drug-likeness (QED) is 0.779. The second-order valence-electron chi connectivity index (χ2n) is 5.51. The number of benzene rings is 1. The fourth-order valence-corrected chi connectivity index (χ4v) is 2.56. The summed E-state index contributed by atoms with van der Waals surface area (Å²) in [5, 5.41) is 12.6. The maximum atomic E-state index is 12.0. The van der Waals surface area contributed by atoms with Crippen LogP contribution in [0.25, 0.3) is 0 Å². The molecule has 0 unspecified atom stereocenters. The lowest BCUT2D eigenvalue weighted by atomic mass is 9.86. The molecule has 1 fully saturated rings. The van der Waals surface area contributed by atoms with Gasteiger partial charge in [0.25, 0.3) is 5.91 Å². The summed E-state index contributed by atoms with van der Waals surface area (Å²) in [6.07, 6.45) is 4.22. The summed E-state index contributed by atoms with van der Waals surface area (Å²) in [5.74, 6) is 0.348. The average Bonchev–Trinajstić information content (AvgIpc) is 2.40. The van der Waals surface area contributed by atoms with E-state index >= 15 is 0 Å². The summed E-state index contributed by atoms with van der Waals surface area (Å²) >= 11 is 0. The number of aromatic hydroxyl groups is 1. The molecule has 0 aromatic heterocycles. The zero-order valence-electron chi connectivity index (χ0n) is 11.4. The van der Waals surface area contributed by atoms with Gasteiger partial charge >= 0.3 is 0 Å². The molecule has 1 aromatic rings. The Kier molecular flexibility index (Phi) is 4.43. The van der Waals surface area contributed by atoms with E-state index in [-0.39, 0.29) is 11.7 Å². The van der Waals surface area contributed by atoms with Crippen LogP contribution in [0.15, 0.2) is 18.2 Å². The van der Waals surface area contributed by atoms with Crippen LogP contribution in [-0.4, -0.2) is 23.6 Å². The number of carbonyl (C=O) groups excluding carboxylic acids is 1. The van der Waals surface area contributed by atoms with E-state index in [0.717, 1.165) is 31.2 Å². The van der Waals surface area contributed by atoms with Gasteiger partial charge in [0.1, 0.15) is 5.75 Å². The van der Waals surface area contributed by atoms with E-state index < -0.39 is 0 Å². The summed E-state index contributed by atoms with van der Waals surface area (Å²) in [6, 6.07) is 5.38. The van der Waals surface area contributed by atoms with Crippen molar-refractivity contribution in [2.45, 2.75) is 38.6 Å². The molecule has 2 rings (SSSR count). The Balaban J connectivity index is 1.89. The maximum absolute atomic E-state index is 12.0. The lowest BCUT2D eigenvalue weighted by molar-refractivity contribution is 0.0940. The Hall–Kier alpha value is -1.55. The molecule has 4 nitrogen and oxygen atoms in total. The SMILES string of the molecule is Cc1ccc(O)c(C(=O)NCC2CCC(N)CC2)c1. The van der Waals surface area contributed by atoms with Crippen molar-refractivity contribution in [2.24, 2.45) is 11.7 Å². The van der Waals surface area contributed by atoms with Gasteiger partial charge in [-0.3, -0.25) is 4.79 Å². The number of phenols is 1. The minimum Gasteiger partial charge on any atom is -0.507 e. The fraction of sp³-hybridized carbons (Fsp3) is 0.533. The lowest BCUT2D eigenvalue weighted by Gasteiger charge is -2.26. The van der Waals surface area contributed by atoms with E-state index in [2.05, 4.69) is 5.32 Å². The van der Waals surface area contributed by atoms with Crippen molar-refractivity contribution in [3.63, 3.8) is 0 Å². The van der Waals surface area contributed by atoms with Gasteiger partial charge in [0.05, 0.1) is 5.56 Å². The van der Waals surface area contributed by atoms with Gasteiger partial charge in [-0.25, -0.2) is 0 Å². The molecule has 1 aliphatic carbocycles. The number of hydrogen-bond donors (Lipinski definition) is 3. The molecule has 0 bridgehead atoms. The third kappa shape index (κ3) is 3.70. The average molecular weight is 262 g/mol. The van der Waals surface area contributed by atoms with Gasteiger partial charge in [0, 0.05) is 12.6 Å². The predicted molar refractivity (Wildman–Crippen MR) is 75.1 cm³/mol. The Morgan fingerprint density at radius 2 is 2.05 bits per heavy atom. The monoisotopic (exact) mass is 262 g/mol. The van der Waals surface area contributed by atoms with Crippen molar-refractivity contribution in [3.8, 4) is 5.75 Å². The Morgan fingerprint density at radius 1 is 1.37 bits per heavy atom. The molecule has 0 aliphatic heterocycles. The minimum absolute atomic E-state index is 0.0359. The van der Waals surface area contributed by atoms with E-state index in [0.29, 0.717) is 24.1 Å². The highest BCUT2D eigenvalue weighted by atomic mass is 16.3. The highest BCUT2D eigenvalue weighted by molar-refractivity contribution is 5.96. The number of nitrogens with two attached hydrogens (primary N) is 1. The first-order valence-electron chi connectivity index (χ1n) is 6.89. The van der Waals surface area contributed by atoms with Crippen LogP contribution >= 0.6 is 0 Å². The van der Waals surface area contributed by atoms with E-state index in [1.54, 1.807) is 18.2 Å². The van der Waals surface area contributed by atoms with Crippen LogP contribution in [0, 0.1) is 12.8 Å². The minimum atomic E-state index is -0.198. The molecule has 104 valence electrons. The molecule has 0 heterocycles. The Morgan fingerprint density at radius 3 is 2.74 bits per heavy atom. The normalized spacial score (nSPS) is 23.1. The van der Waals surface area contributed by atoms with Crippen molar-refractivity contribution in [1.29, 1.82) is 0 Å². The predicted octanol–water partition coefficient (Wildman–Crippen LogP) is 1.95. The van der Waals surface area contributed by atoms with E-state index in [1.807, 2.05) is 6.92 Å². The van der Waals surface area contributed by atoms with Gasteiger partial charge in [-0.1, -0.05) is 11.6 Å². The molecule has 0 radical (unpaired) electrons. The Bertz CT molecular complexity index is 451. The number of phenolic OH excluding ortho intramolecular Hbond substituents is 1. The van der Waals surface area contributed by atoms with E-state index in [1.165, 1.54) is 0 Å². The molecule has 1 aliphatic rings. The van der Waals surface area contributed by atoms with Crippen LogP contribution < -0.4 is 11.1 Å². The van der Waals surface area contributed by atoms with Gasteiger partial charge in [0.15, 0.2) is 0 Å². The van der Waals surface area contributed by atoms with Crippen LogP contribution in [0.1, 0.15) is 41.6 Å². The molecule has 0 atom stereocenters. The molecule has 1 aromatic carbocycles. The second-order valence-corrected chi connectivity index (χ2v) is 5.51. The largest absolute Gasteiger partial charge is 0.507 e. The van der Waals surface area contributed by atoms with Crippen molar-refractivity contribution >= 4 is 5.91 Å². The molecule has 19 heavy (non-hydrogen) atoms. The highest BCUT2D eigenvalue weighted by Gasteiger charge is 2.19. The zero-order valence-corrected chi connectivity index (χ0v) is 11.4. The topological polar surface area (TPSA) is 75.3 Å². The first kappa shape index (κ1) is 13.9. The molecule has 1 saturated carbocycles. The van der Waals surface area contributed by atoms with Gasteiger partial charge in [-0.2, -0.15) is 0 Å². The molecule has 0 spiro atoms.